The number of benzene rings is 1. The number of rotatable bonds is 5. The largest absolute Gasteiger partial charge is 0.468 e. The lowest BCUT2D eigenvalue weighted by atomic mass is 10.0. The van der Waals surface area contributed by atoms with Gasteiger partial charge in [0.05, 0.1) is 18.9 Å². The smallest absolute Gasteiger partial charge is 0.123 e. The van der Waals surface area contributed by atoms with Crippen LogP contribution in [0.5, 0.6) is 0 Å². The van der Waals surface area contributed by atoms with Crippen molar-refractivity contribution in [1.82, 2.24) is 4.90 Å². The van der Waals surface area contributed by atoms with E-state index in [1.54, 1.807) is 18.4 Å². The molecule has 3 rings (SSSR count). The number of aliphatic hydroxyl groups excluding tert-OH is 1. The van der Waals surface area contributed by atoms with E-state index in [4.69, 9.17) is 4.42 Å². The summed E-state index contributed by atoms with van der Waals surface area (Å²) in [5.74, 6) is 0.685. The van der Waals surface area contributed by atoms with Gasteiger partial charge in [0.2, 0.25) is 0 Å². The Kier molecular flexibility index (Phi) is 4.36. The summed E-state index contributed by atoms with van der Waals surface area (Å²) in [5, 5.41) is 10.3. The van der Waals surface area contributed by atoms with Gasteiger partial charge in [-0.15, -0.1) is 0 Å². The third kappa shape index (κ3) is 3.52. The molecule has 1 aromatic heterocycles. The molecule has 2 unspecified atom stereocenters. The lowest BCUT2D eigenvalue weighted by molar-refractivity contribution is 0.114. The number of nitrogens with zero attached hydrogens (tertiary/aromatic N) is 1. The van der Waals surface area contributed by atoms with Crippen molar-refractivity contribution in [2.24, 2.45) is 0 Å². The lowest BCUT2D eigenvalue weighted by Gasteiger charge is -2.25. The molecule has 1 N–H and O–H groups in total. The third-order valence-corrected chi connectivity index (χ3v) is 4.19. The van der Waals surface area contributed by atoms with Crippen molar-refractivity contribution >= 4 is 0 Å². The molecule has 0 radical (unpaired) electrons. The average molecular weight is 289 g/mol. The van der Waals surface area contributed by atoms with E-state index in [0.29, 0.717) is 12.5 Å². The zero-order valence-electron chi connectivity index (χ0n) is 11.9. The Bertz CT molecular complexity index is 553. The van der Waals surface area contributed by atoms with Crippen LogP contribution in [0.1, 0.15) is 36.7 Å². The van der Waals surface area contributed by atoms with E-state index in [1.165, 1.54) is 12.1 Å². The highest BCUT2D eigenvalue weighted by Gasteiger charge is 2.27. The molecule has 112 valence electrons. The summed E-state index contributed by atoms with van der Waals surface area (Å²) >= 11 is 0. The Balaban J connectivity index is 1.61. The molecule has 0 bridgehead atoms. The van der Waals surface area contributed by atoms with Crippen molar-refractivity contribution in [2.45, 2.75) is 38.0 Å². The molecule has 1 aliphatic rings. The summed E-state index contributed by atoms with van der Waals surface area (Å²) in [6, 6.07) is 10.3. The van der Waals surface area contributed by atoms with Crippen LogP contribution in [0.15, 0.2) is 47.1 Å². The lowest BCUT2D eigenvalue weighted by Crippen LogP contribution is -2.30. The summed E-state index contributed by atoms with van der Waals surface area (Å²) in [6.45, 7) is 1.81. The van der Waals surface area contributed by atoms with Gasteiger partial charge in [-0.3, -0.25) is 4.90 Å². The van der Waals surface area contributed by atoms with E-state index in [-0.39, 0.29) is 5.82 Å². The highest BCUT2D eigenvalue weighted by atomic mass is 19.1. The molecule has 1 aliphatic heterocycles. The second-order valence-electron chi connectivity index (χ2n) is 5.65. The van der Waals surface area contributed by atoms with Crippen molar-refractivity contribution in [1.29, 1.82) is 0 Å². The Morgan fingerprint density at radius 1 is 1.29 bits per heavy atom. The van der Waals surface area contributed by atoms with Gasteiger partial charge in [-0.05, 0) is 55.6 Å². The van der Waals surface area contributed by atoms with E-state index >= 15 is 0 Å². The van der Waals surface area contributed by atoms with Gasteiger partial charge in [-0.2, -0.15) is 0 Å². The SMILES string of the molecule is OC(CC1CCCN1Cc1ccco1)c1ccc(F)cc1. The quantitative estimate of drug-likeness (QED) is 0.915. The molecule has 1 aromatic carbocycles. The van der Waals surface area contributed by atoms with Gasteiger partial charge in [-0.1, -0.05) is 12.1 Å². The van der Waals surface area contributed by atoms with Crippen LogP contribution in [-0.4, -0.2) is 22.6 Å². The maximum atomic E-state index is 12.9. The van der Waals surface area contributed by atoms with Crippen molar-refractivity contribution in [3.8, 4) is 0 Å². The fourth-order valence-corrected chi connectivity index (χ4v) is 3.05. The molecular weight excluding hydrogens is 269 g/mol. The first kappa shape index (κ1) is 14.3. The van der Waals surface area contributed by atoms with Crippen LogP contribution in [0, 0.1) is 5.82 Å². The molecule has 4 heteroatoms. The highest BCUT2D eigenvalue weighted by Crippen LogP contribution is 2.28. The molecule has 0 saturated carbocycles. The molecule has 0 aliphatic carbocycles. The minimum atomic E-state index is -0.548. The Hall–Kier alpha value is -1.65. The number of hydrogen-bond acceptors (Lipinski definition) is 3. The van der Waals surface area contributed by atoms with E-state index in [9.17, 15) is 9.50 Å². The molecule has 21 heavy (non-hydrogen) atoms. The van der Waals surface area contributed by atoms with Gasteiger partial charge in [0.1, 0.15) is 11.6 Å². The topological polar surface area (TPSA) is 36.6 Å². The van der Waals surface area contributed by atoms with Crippen LogP contribution in [0.25, 0.3) is 0 Å². The Labute approximate surface area is 124 Å². The molecule has 0 spiro atoms. The van der Waals surface area contributed by atoms with Crippen LogP contribution in [0.3, 0.4) is 0 Å². The highest BCUT2D eigenvalue weighted by molar-refractivity contribution is 5.18. The molecule has 2 heterocycles. The van der Waals surface area contributed by atoms with Crippen LogP contribution < -0.4 is 0 Å². The summed E-state index contributed by atoms with van der Waals surface area (Å²) in [6.07, 6.45) is 4.04. The zero-order chi connectivity index (χ0) is 14.7. The molecule has 2 aromatic rings. The fraction of sp³-hybridized carbons (Fsp3) is 0.412. The standard InChI is InChI=1S/C17H20FNO2/c18-14-7-5-13(6-8-14)17(20)11-15-3-1-9-19(15)12-16-4-2-10-21-16/h2,4-8,10,15,17,20H,1,3,9,11-12H2. The van der Waals surface area contributed by atoms with E-state index in [2.05, 4.69) is 4.90 Å². The monoisotopic (exact) mass is 289 g/mol. The van der Waals surface area contributed by atoms with Crippen LogP contribution in [-0.2, 0) is 6.54 Å². The van der Waals surface area contributed by atoms with Crippen molar-refractivity contribution in [3.63, 3.8) is 0 Å². The fourth-order valence-electron chi connectivity index (χ4n) is 3.05. The van der Waals surface area contributed by atoms with Crippen molar-refractivity contribution in [2.75, 3.05) is 6.54 Å². The van der Waals surface area contributed by atoms with Crippen molar-refractivity contribution < 1.29 is 13.9 Å². The third-order valence-electron chi connectivity index (χ3n) is 4.19. The van der Waals surface area contributed by atoms with Gasteiger partial charge in [0.15, 0.2) is 0 Å². The van der Waals surface area contributed by atoms with Crippen molar-refractivity contribution in [3.05, 3.63) is 59.8 Å². The summed E-state index contributed by atoms with van der Waals surface area (Å²) in [4.78, 5) is 2.35. The first-order chi connectivity index (χ1) is 10.2. The number of aliphatic hydroxyl groups is 1. The second kappa shape index (κ2) is 6.41. The molecule has 1 fully saturated rings. The Morgan fingerprint density at radius 2 is 2.10 bits per heavy atom. The minimum absolute atomic E-state index is 0.272. The van der Waals surface area contributed by atoms with Crippen LogP contribution in [0.2, 0.25) is 0 Å². The van der Waals surface area contributed by atoms with Gasteiger partial charge in [0, 0.05) is 6.04 Å². The predicted octanol–water partition coefficient (Wildman–Crippen LogP) is 3.51. The van der Waals surface area contributed by atoms with Gasteiger partial charge in [-0.25, -0.2) is 4.39 Å². The van der Waals surface area contributed by atoms with Crippen LogP contribution in [0.4, 0.5) is 4.39 Å². The first-order valence-electron chi connectivity index (χ1n) is 7.42. The Morgan fingerprint density at radius 3 is 2.81 bits per heavy atom. The predicted molar refractivity (Wildman–Crippen MR) is 78.1 cm³/mol. The zero-order valence-corrected chi connectivity index (χ0v) is 11.9. The van der Waals surface area contributed by atoms with Crippen LogP contribution >= 0.6 is 0 Å². The second-order valence-corrected chi connectivity index (χ2v) is 5.65. The molecular formula is C17H20FNO2. The van der Waals surface area contributed by atoms with E-state index in [1.807, 2.05) is 12.1 Å². The first-order valence-corrected chi connectivity index (χ1v) is 7.42. The maximum absolute atomic E-state index is 12.9. The minimum Gasteiger partial charge on any atom is -0.468 e. The molecule has 2 atom stereocenters. The summed E-state index contributed by atoms with van der Waals surface area (Å²) < 4.78 is 18.3. The number of hydrogen-bond donors (Lipinski definition) is 1. The summed E-state index contributed by atoms with van der Waals surface area (Å²) in [5.41, 5.74) is 0.779. The molecule has 0 amide bonds. The normalized spacial score (nSPS) is 20.8. The van der Waals surface area contributed by atoms with E-state index < -0.39 is 6.10 Å². The number of halogens is 1. The van der Waals surface area contributed by atoms with Gasteiger partial charge < -0.3 is 9.52 Å². The number of likely N-dealkylation sites (tertiary alicyclic amines) is 1. The summed E-state index contributed by atoms with van der Waals surface area (Å²) in [7, 11) is 0. The molecule has 1 saturated heterocycles. The van der Waals surface area contributed by atoms with E-state index in [0.717, 1.165) is 37.3 Å². The molecule has 3 nitrogen and oxygen atoms in total. The average Bonchev–Trinajstić information content (AvgIpc) is 3.13. The van der Waals surface area contributed by atoms with Gasteiger partial charge >= 0.3 is 0 Å². The maximum Gasteiger partial charge on any atom is 0.123 e. The van der Waals surface area contributed by atoms with Gasteiger partial charge in [0.25, 0.3) is 0 Å². The number of furan rings is 1.